The highest BCUT2D eigenvalue weighted by Crippen LogP contribution is 2.09. The van der Waals surface area contributed by atoms with Crippen LogP contribution in [-0.2, 0) is 11.3 Å². The summed E-state index contributed by atoms with van der Waals surface area (Å²) in [6.45, 7) is 3.65. The van der Waals surface area contributed by atoms with Gasteiger partial charge in [0.05, 0.1) is 17.8 Å². The lowest BCUT2D eigenvalue weighted by atomic mass is 10.2. The van der Waals surface area contributed by atoms with E-state index in [4.69, 9.17) is 5.73 Å². The van der Waals surface area contributed by atoms with Crippen LogP contribution in [0.5, 0.6) is 0 Å². The van der Waals surface area contributed by atoms with E-state index in [0.29, 0.717) is 31.6 Å². The summed E-state index contributed by atoms with van der Waals surface area (Å²) in [5.74, 6) is -0.210. The maximum atomic E-state index is 12.1. The minimum atomic E-state index is -0.182. The molecule has 7 nitrogen and oxygen atoms in total. The number of aryl methyl sites for hydroxylation is 1. The van der Waals surface area contributed by atoms with Crippen LogP contribution in [0.15, 0.2) is 6.20 Å². The van der Waals surface area contributed by atoms with Crippen LogP contribution >= 0.6 is 0 Å². The molecule has 1 aromatic heterocycles. The number of carbonyl (C=O) groups excluding carboxylic acids is 2. The molecule has 19 heavy (non-hydrogen) atoms. The van der Waals surface area contributed by atoms with Gasteiger partial charge in [-0.2, -0.15) is 5.10 Å². The van der Waals surface area contributed by atoms with Gasteiger partial charge >= 0.3 is 0 Å². The molecule has 1 aromatic rings. The molecule has 4 N–H and O–H groups in total. The second-order valence-corrected chi connectivity index (χ2v) is 4.69. The van der Waals surface area contributed by atoms with E-state index < -0.39 is 0 Å². The Kier molecular flexibility index (Phi) is 4.16. The van der Waals surface area contributed by atoms with Gasteiger partial charge in [0, 0.05) is 25.2 Å². The highest BCUT2D eigenvalue weighted by Gasteiger charge is 2.24. The van der Waals surface area contributed by atoms with Gasteiger partial charge in [-0.1, -0.05) is 0 Å². The molecule has 0 aliphatic carbocycles. The van der Waals surface area contributed by atoms with Gasteiger partial charge in [0.2, 0.25) is 5.91 Å². The largest absolute Gasteiger partial charge is 0.354 e. The van der Waals surface area contributed by atoms with E-state index >= 15 is 0 Å². The third-order valence-corrected chi connectivity index (χ3v) is 3.23. The van der Waals surface area contributed by atoms with E-state index in [9.17, 15) is 9.59 Å². The van der Waals surface area contributed by atoms with Gasteiger partial charge in [-0.05, 0) is 19.9 Å². The molecule has 7 heteroatoms. The van der Waals surface area contributed by atoms with Crippen molar-refractivity contribution in [2.45, 2.75) is 32.4 Å². The van der Waals surface area contributed by atoms with Crippen LogP contribution in [0.25, 0.3) is 0 Å². The van der Waals surface area contributed by atoms with E-state index in [0.717, 1.165) is 12.1 Å². The molecular weight excluding hydrogens is 246 g/mol. The summed E-state index contributed by atoms with van der Waals surface area (Å²) in [7, 11) is 0. The molecule has 0 radical (unpaired) electrons. The smallest absolute Gasteiger partial charge is 0.255 e. The molecule has 104 valence electrons. The number of hydrogen-bond acceptors (Lipinski definition) is 4. The Morgan fingerprint density at radius 3 is 3.11 bits per heavy atom. The average Bonchev–Trinajstić information content (AvgIpc) is 2.93. The molecule has 1 aliphatic rings. The number of nitrogens with zero attached hydrogens (tertiary/aromatic N) is 2. The topological polar surface area (TPSA) is 102 Å². The molecule has 2 heterocycles. The van der Waals surface area contributed by atoms with E-state index in [1.54, 1.807) is 10.9 Å². The van der Waals surface area contributed by atoms with Crippen molar-refractivity contribution in [3.8, 4) is 0 Å². The van der Waals surface area contributed by atoms with Crippen LogP contribution in [-0.4, -0.2) is 40.7 Å². The first kappa shape index (κ1) is 13.5. The third-order valence-electron chi connectivity index (χ3n) is 3.23. The summed E-state index contributed by atoms with van der Waals surface area (Å²) in [5, 5.41) is 9.70. The zero-order valence-corrected chi connectivity index (χ0v) is 11.0. The van der Waals surface area contributed by atoms with Crippen molar-refractivity contribution in [1.82, 2.24) is 20.4 Å². The Labute approximate surface area is 111 Å². The Hall–Kier alpha value is -1.89. The van der Waals surface area contributed by atoms with E-state index in [2.05, 4.69) is 15.7 Å². The lowest BCUT2D eigenvalue weighted by Gasteiger charge is -2.10. The Bertz CT molecular complexity index is 482. The highest BCUT2D eigenvalue weighted by molar-refractivity contribution is 5.95. The first-order valence-electron chi connectivity index (χ1n) is 6.42. The maximum Gasteiger partial charge on any atom is 0.255 e. The summed E-state index contributed by atoms with van der Waals surface area (Å²) >= 11 is 0. The lowest BCUT2D eigenvalue weighted by molar-refractivity contribution is -0.119. The lowest BCUT2D eigenvalue weighted by Crippen LogP contribution is -2.36. The molecule has 1 unspecified atom stereocenters. The van der Waals surface area contributed by atoms with Gasteiger partial charge in [0.1, 0.15) is 0 Å². The predicted octanol–water partition coefficient (Wildman–Crippen LogP) is -0.841. The van der Waals surface area contributed by atoms with E-state index in [1.807, 2.05) is 6.92 Å². The Balaban J connectivity index is 1.99. The van der Waals surface area contributed by atoms with Gasteiger partial charge < -0.3 is 16.4 Å². The quantitative estimate of drug-likeness (QED) is 0.646. The van der Waals surface area contributed by atoms with Crippen LogP contribution in [0.2, 0.25) is 0 Å². The van der Waals surface area contributed by atoms with Gasteiger partial charge in [-0.3, -0.25) is 14.3 Å². The Morgan fingerprint density at radius 1 is 1.68 bits per heavy atom. The summed E-state index contributed by atoms with van der Waals surface area (Å²) < 4.78 is 1.78. The van der Waals surface area contributed by atoms with Crippen molar-refractivity contribution < 1.29 is 9.59 Å². The minimum absolute atomic E-state index is 0.0272. The molecule has 0 bridgehead atoms. The zero-order chi connectivity index (χ0) is 13.8. The van der Waals surface area contributed by atoms with Crippen molar-refractivity contribution in [3.05, 3.63) is 17.5 Å². The van der Waals surface area contributed by atoms with Crippen molar-refractivity contribution in [1.29, 1.82) is 0 Å². The number of amides is 2. The first-order valence-corrected chi connectivity index (χ1v) is 6.42. The van der Waals surface area contributed by atoms with Crippen molar-refractivity contribution >= 4 is 11.8 Å². The number of aromatic nitrogens is 2. The molecule has 0 saturated carbocycles. The van der Waals surface area contributed by atoms with Crippen molar-refractivity contribution in [2.24, 2.45) is 5.73 Å². The van der Waals surface area contributed by atoms with Crippen molar-refractivity contribution in [3.63, 3.8) is 0 Å². The summed E-state index contributed by atoms with van der Waals surface area (Å²) in [6.07, 6.45) is 2.72. The number of nitrogens with one attached hydrogen (secondary N) is 2. The van der Waals surface area contributed by atoms with Gasteiger partial charge in [-0.25, -0.2) is 0 Å². The van der Waals surface area contributed by atoms with Crippen LogP contribution in [0.4, 0.5) is 0 Å². The summed E-state index contributed by atoms with van der Waals surface area (Å²) in [4.78, 5) is 23.2. The van der Waals surface area contributed by atoms with Gasteiger partial charge in [-0.15, -0.1) is 0 Å². The highest BCUT2D eigenvalue weighted by atomic mass is 16.2. The summed E-state index contributed by atoms with van der Waals surface area (Å²) in [6, 6.07) is -0.133. The molecular formula is C12H19N5O2. The first-order chi connectivity index (χ1) is 9.11. The van der Waals surface area contributed by atoms with Crippen LogP contribution in [0.3, 0.4) is 0 Å². The van der Waals surface area contributed by atoms with Crippen LogP contribution in [0.1, 0.15) is 28.9 Å². The molecule has 1 atom stereocenters. The standard InChI is InChI=1S/C12H19N5O2/c1-8-10(7-15-17(8)4-2-3-13)12(19)16-9-5-11(18)14-6-9/h7,9H,2-6,13H2,1H3,(H,14,18)(H,16,19). The monoisotopic (exact) mass is 265 g/mol. The number of rotatable bonds is 5. The molecule has 1 saturated heterocycles. The molecule has 1 aliphatic heterocycles. The zero-order valence-electron chi connectivity index (χ0n) is 11.0. The number of nitrogens with two attached hydrogens (primary N) is 1. The third kappa shape index (κ3) is 3.11. The van der Waals surface area contributed by atoms with Crippen LogP contribution in [0, 0.1) is 6.92 Å². The molecule has 0 aromatic carbocycles. The fraction of sp³-hybridized carbons (Fsp3) is 0.583. The Morgan fingerprint density at radius 2 is 2.47 bits per heavy atom. The maximum absolute atomic E-state index is 12.1. The SMILES string of the molecule is Cc1c(C(=O)NC2CNC(=O)C2)cnn1CCCN. The normalized spacial score (nSPS) is 18.4. The van der Waals surface area contributed by atoms with E-state index in [-0.39, 0.29) is 17.9 Å². The fourth-order valence-corrected chi connectivity index (χ4v) is 2.11. The molecule has 1 fully saturated rings. The van der Waals surface area contributed by atoms with Crippen LogP contribution < -0.4 is 16.4 Å². The molecule has 2 amide bonds. The fourth-order valence-electron chi connectivity index (χ4n) is 2.11. The second kappa shape index (κ2) is 5.83. The van der Waals surface area contributed by atoms with Gasteiger partial charge in [0.15, 0.2) is 0 Å². The number of carbonyl (C=O) groups is 2. The second-order valence-electron chi connectivity index (χ2n) is 4.69. The van der Waals surface area contributed by atoms with E-state index in [1.165, 1.54) is 0 Å². The molecule has 2 rings (SSSR count). The predicted molar refractivity (Wildman–Crippen MR) is 69.5 cm³/mol. The average molecular weight is 265 g/mol. The van der Waals surface area contributed by atoms with Gasteiger partial charge in [0.25, 0.3) is 5.91 Å². The molecule has 0 spiro atoms. The van der Waals surface area contributed by atoms with Crippen molar-refractivity contribution in [2.75, 3.05) is 13.1 Å². The number of hydrogen-bond donors (Lipinski definition) is 3. The minimum Gasteiger partial charge on any atom is -0.354 e. The summed E-state index contributed by atoms with van der Waals surface area (Å²) in [5.41, 5.74) is 6.83.